The summed E-state index contributed by atoms with van der Waals surface area (Å²) in [6, 6.07) is 8.11. The Morgan fingerprint density at radius 2 is 1.60 bits per heavy atom. The Morgan fingerprint density at radius 1 is 1.08 bits per heavy atom. The number of nitrogens with two attached hydrogens (primary N) is 1. The number of amides is 1. The van der Waals surface area contributed by atoms with Crippen LogP contribution < -0.4 is 10.6 Å². The second-order valence-corrected chi connectivity index (χ2v) is 9.44. The highest BCUT2D eigenvalue weighted by molar-refractivity contribution is 6.30. The molecule has 4 aliphatic rings. The van der Waals surface area contributed by atoms with Gasteiger partial charge in [0.2, 0.25) is 0 Å². The first-order valence-electron chi connectivity index (χ1n) is 9.85. The summed E-state index contributed by atoms with van der Waals surface area (Å²) in [5.41, 5.74) is 1.32. The van der Waals surface area contributed by atoms with E-state index in [1.807, 2.05) is 31.2 Å². The summed E-state index contributed by atoms with van der Waals surface area (Å²) >= 11 is 5.97. The lowest BCUT2D eigenvalue weighted by atomic mass is 9.53. The van der Waals surface area contributed by atoms with Crippen LogP contribution in [0.1, 0.15) is 64.0 Å². The molecule has 25 heavy (non-hydrogen) atoms. The summed E-state index contributed by atoms with van der Waals surface area (Å²) in [6.07, 6.45) is 7.86. The Labute approximate surface area is 155 Å². The van der Waals surface area contributed by atoms with Crippen molar-refractivity contribution in [3.8, 4) is 0 Å². The van der Waals surface area contributed by atoms with Crippen molar-refractivity contribution >= 4 is 17.5 Å². The van der Waals surface area contributed by atoms with Gasteiger partial charge in [0.05, 0.1) is 0 Å². The van der Waals surface area contributed by atoms with Gasteiger partial charge in [0, 0.05) is 16.1 Å². The Hall–Kier alpha value is -1.06. The Morgan fingerprint density at radius 3 is 2.12 bits per heavy atom. The quantitative estimate of drug-likeness (QED) is 0.829. The van der Waals surface area contributed by atoms with E-state index in [1.54, 1.807) is 0 Å². The minimum absolute atomic E-state index is 0.0707. The standard InChI is InChI=1S/C21H29ClN2O/c1-13(18-3-5-19(22)6-4-18)23-14(2)20(25)24-21-10-15-7-16(11-21)9-17(8-15)12-21/h3-6,13-17,23H,7-12H2,1-2H3,(H,24,25)/p+1/t13-,14+,15?,16?,17?,21?/m0/s1. The second kappa shape index (κ2) is 6.59. The van der Waals surface area contributed by atoms with E-state index in [2.05, 4.69) is 17.6 Å². The molecule has 4 heteroatoms. The predicted molar refractivity (Wildman–Crippen MR) is 100 cm³/mol. The third-order valence-corrected chi connectivity index (χ3v) is 7.07. The van der Waals surface area contributed by atoms with Crippen molar-refractivity contribution in [3.05, 3.63) is 34.9 Å². The zero-order valence-corrected chi connectivity index (χ0v) is 16.1. The lowest BCUT2D eigenvalue weighted by Gasteiger charge is -2.57. The number of benzene rings is 1. The van der Waals surface area contributed by atoms with Crippen LogP contribution in [0.25, 0.3) is 0 Å². The molecule has 4 aliphatic carbocycles. The molecule has 0 radical (unpaired) electrons. The summed E-state index contributed by atoms with van der Waals surface area (Å²) in [4.78, 5) is 12.9. The molecule has 4 bridgehead atoms. The van der Waals surface area contributed by atoms with Gasteiger partial charge in [0.1, 0.15) is 6.04 Å². The van der Waals surface area contributed by atoms with Gasteiger partial charge in [-0.1, -0.05) is 23.7 Å². The Balaban J connectivity index is 1.37. The van der Waals surface area contributed by atoms with Crippen LogP contribution in [0.5, 0.6) is 0 Å². The van der Waals surface area contributed by atoms with Crippen molar-refractivity contribution in [3.63, 3.8) is 0 Å². The van der Waals surface area contributed by atoms with Crippen LogP contribution >= 0.6 is 11.6 Å². The minimum Gasteiger partial charge on any atom is -0.345 e. The molecule has 2 atom stereocenters. The van der Waals surface area contributed by atoms with Crippen LogP contribution in [-0.2, 0) is 4.79 Å². The molecule has 0 aromatic heterocycles. The molecule has 0 spiro atoms. The van der Waals surface area contributed by atoms with Crippen molar-refractivity contribution in [1.82, 2.24) is 5.32 Å². The predicted octanol–water partition coefficient (Wildman–Crippen LogP) is 3.44. The van der Waals surface area contributed by atoms with Crippen LogP contribution in [0.15, 0.2) is 24.3 Å². The Bertz CT molecular complexity index is 607. The van der Waals surface area contributed by atoms with Gasteiger partial charge in [-0.25, -0.2) is 0 Å². The van der Waals surface area contributed by atoms with Crippen molar-refractivity contribution in [2.24, 2.45) is 17.8 Å². The van der Waals surface area contributed by atoms with Gasteiger partial charge in [-0.2, -0.15) is 0 Å². The van der Waals surface area contributed by atoms with E-state index in [0.29, 0.717) is 0 Å². The van der Waals surface area contributed by atoms with E-state index in [4.69, 9.17) is 11.6 Å². The van der Waals surface area contributed by atoms with E-state index in [-0.39, 0.29) is 23.5 Å². The number of hydrogen-bond donors (Lipinski definition) is 2. The first-order valence-corrected chi connectivity index (χ1v) is 10.2. The number of carbonyl (C=O) groups is 1. The number of carbonyl (C=O) groups excluding carboxylic acids is 1. The zero-order valence-electron chi connectivity index (χ0n) is 15.3. The lowest BCUT2D eigenvalue weighted by molar-refractivity contribution is -0.710. The van der Waals surface area contributed by atoms with Crippen LogP contribution in [0.3, 0.4) is 0 Å². The van der Waals surface area contributed by atoms with E-state index < -0.39 is 0 Å². The van der Waals surface area contributed by atoms with Gasteiger partial charge in [-0.15, -0.1) is 0 Å². The summed E-state index contributed by atoms with van der Waals surface area (Å²) in [5.74, 6) is 2.79. The molecule has 0 unspecified atom stereocenters. The molecule has 3 N–H and O–H groups in total. The molecular weight excluding hydrogens is 332 g/mol. The molecule has 0 heterocycles. The number of quaternary nitrogens is 1. The third-order valence-electron chi connectivity index (χ3n) is 6.81. The van der Waals surface area contributed by atoms with Crippen LogP contribution in [-0.4, -0.2) is 17.5 Å². The average Bonchev–Trinajstić information content (AvgIpc) is 2.53. The van der Waals surface area contributed by atoms with Gasteiger partial charge in [0.25, 0.3) is 5.91 Å². The van der Waals surface area contributed by atoms with E-state index in [9.17, 15) is 4.79 Å². The summed E-state index contributed by atoms with van der Waals surface area (Å²) in [6.45, 7) is 4.18. The molecule has 0 saturated heterocycles. The van der Waals surface area contributed by atoms with Crippen molar-refractivity contribution in [2.45, 2.75) is 70.0 Å². The second-order valence-electron chi connectivity index (χ2n) is 9.01. The third kappa shape index (κ3) is 3.59. The highest BCUT2D eigenvalue weighted by Gasteiger charge is 2.51. The average molecular weight is 362 g/mol. The zero-order chi connectivity index (χ0) is 17.6. The first kappa shape index (κ1) is 17.4. The maximum absolute atomic E-state index is 12.9. The molecule has 3 nitrogen and oxygen atoms in total. The topological polar surface area (TPSA) is 45.7 Å². The van der Waals surface area contributed by atoms with Gasteiger partial charge in [-0.3, -0.25) is 4.79 Å². The monoisotopic (exact) mass is 361 g/mol. The van der Waals surface area contributed by atoms with Crippen LogP contribution in [0, 0.1) is 17.8 Å². The number of rotatable bonds is 5. The van der Waals surface area contributed by atoms with Crippen LogP contribution in [0.2, 0.25) is 5.02 Å². The smallest absolute Gasteiger partial charge is 0.278 e. The van der Waals surface area contributed by atoms with Gasteiger partial charge >= 0.3 is 0 Å². The summed E-state index contributed by atoms with van der Waals surface area (Å²) in [5, 5.41) is 6.42. The highest BCUT2D eigenvalue weighted by Crippen LogP contribution is 2.55. The minimum atomic E-state index is -0.0707. The molecule has 1 amide bonds. The largest absolute Gasteiger partial charge is 0.345 e. The normalized spacial score (nSPS) is 35.4. The molecule has 5 rings (SSSR count). The SMILES string of the molecule is C[C@H]([NH2+][C@H](C)C(=O)NC12CC3CC(CC(C3)C1)C2)c1ccc(Cl)cc1. The number of nitrogens with one attached hydrogen (secondary N) is 1. The summed E-state index contributed by atoms with van der Waals surface area (Å²) in [7, 11) is 0. The van der Waals surface area contributed by atoms with Crippen molar-refractivity contribution < 1.29 is 10.1 Å². The van der Waals surface area contributed by atoms with Crippen molar-refractivity contribution in [2.75, 3.05) is 0 Å². The summed E-state index contributed by atoms with van der Waals surface area (Å²) < 4.78 is 0. The van der Waals surface area contributed by atoms with Gasteiger partial charge in [0.15, 0.2) is 6.04 Å². The molecule has 4 fully saturated rings. The first-order chi connectivity index (χ1) is 11.9. The molecule has 1 aromatic rings. The fourth-order valence-corrected chi connectivity index (χ4v) is 6.16. The maximum atomic E-state index is 12.9. The van der Waals surface area contributed by atoms with E-state index in [0.717, 1.165) is 22.8 Å². The lowest BCUT2D eigenvalue weighted by Crippen LogP contribution is -2.92. The number of hydrogen-bond acceptors (Lipinski definition) is 1. The number of halogens is 1. The van der Waals surface area contributed by atoms with Gasteiger partial charge in [-0.05, 0) is 82.3 Å². The molecule has 4 saturated carbocycles. The fraction of sp³-hybridized carbons (Fsp3) is 0.667. The maximum Gasteiger partial charge on any atom is 0.278 e. The van der Waals surface area contributed by atoms with E-state index in [1.165, 1.54) is 44.1 Å². The fourth-order valence-electron chi connectivity index (χ4n) is 6.04. The van der Waals surface area contributed by atoms with Crippen molar-refractivity contribution in [1.29, 1.82) is 0 Å². The Kier molecular flexibility index (Phi) is 4.57. The molecule has 136 valence electrons. The van der Waals surface area contributed by atoms with E-state index >= 15 is 0 Å². The highest BCUT2D eigenvalue weighted by atomic mass is 35.5. The van der Waals surface area contributed by atoms with Crippen LogP contribution in [0.4, 0.5) is 0 Å². The molecular formula is C21H30ClN2O+. The molecule has 0 aliphatic heterocycles. The van der Waals surface area contributed by atoms with Gasteiger partial charge < -0.3 is 10.6 Å². The molecule has 1 aromatic carbocycles.